The van der Waals surface area contributed by atoms with E-state index < -0.39 is 0 Å². The minimum atomic E-state index is 0.771. The Morgan fingerprint density at radius 2 is 2.11 bits per heavy atom. The van der Waals surface area contributed by atoms with Crippen LogP contribution in [0.2, 0.25) is 0 Å². The SMILES string of the molecule is CN=C(NCc1cccs1)NCc1cccn1C. The predicted octanol–water partition coefficient (Wildman–Crippen LogP) is 1.95. The predicted molar refractivity (Wildman–Crippen MR) is 76.8 cm³/mol. The van der Waals surface area contributed by atoms with E-state index in [1.54, 1.807) is 18.4 Å². The van der Waals surface area contributed by atoms with Crippen LogP contribution < -0.4 is 10.6 Å². The van der Waals surface area contributed by atoms with E-state index in [0.717, 1.165) is 19.0 Å². The third kappa shape index (κ3) is 3.37. The number of nitrogens with zero attached hydrogens (tertiary/aromatic N) is 2. The van der Waals surface area contributed by atoms with Gasteiger partial charge in [0.05, 0.1) is 13.1 Å². The minimum absolute atomic E-state index is 0.771. The molecular formula is C13H18N4S. The second kappa shape index (κ2) is 6.26. The molecular weight excluding hydrogens is 244 g/mol. The average Bonchev–Trinajstić information content (AvgIpc) is 3.01. The van der Waals surface area contributed by atoms with E-state index in [-0.39, 0.29) is 0 Å². The molecule has 0 saturated carbocycles. The fourth-order valence-corrected chi connectivity index (χ4v) is 2.30. The van der Waals surface area contributed by atoms with Crippen molar-refractivity contribution in [1.29, 1.82) is 0 Å². The Labute approximate surface area is 111 Å². The van der Waals surface area contributed by atoms with Gasteiger partial charge in [0.1, 0.15) is 0 Å². The van der Waals surface area contributed by atoms with Crippen molar-refractivity contribution in [3.63, 3.8) is 0 Å². The lowest BCUT2D eigenvalue weighted by Crippen LogP contribution is -2.36. The molecule has 2 heterocycles. The van der Waals surface area contributed by atoms with Crippen LogP contribution >= 0.6 is 11.3 Å². The molecule has 2 N–H and O–H groups in total. The van der Waals surface area contributed by atoms with Crippen molar-refractivity contribution in [2.45, 2.75) is 13.1 Å². The molecule has 0 unspecified atom stereocenters. The first-order valence-electron chi connectivity index (χ1n) is 5.86. The van der Waals surface area contributed by atoms with Crippen molar-refractivity contribution < 1.29 is 0 Å². The third-order valence-electron chi connectivity index (χ3n) is 2.72. The molecule has 18 heavy (non-hydrogen) atoms. The van der Waals surface area contributed by atoms with E-state index in [0.29, 0.717) is 0 Å². The molecule has 0 radical (unpaired) electrons. The highest BCUT2D eigenvalue weighted by molar-refractivity contribution is 7.09. The van der Waals surface area contributed by atoms with Gasteiger partial charge in [0.15, 0.2) is 5.96 Å². The fourth-order valence-electron chi connectivity index (χ4n) is 1.66. The Bertz CT molecular complexity index is 499. The lowest BCUT2D eigenvalue weighted by molar-refractivity contribution is 0.752. The number of hydrogen-bond donors (Lipinski definition) is 2. The summed E-state index contributed by atoms with van der Waals surface area (Å²) in [5, 5.41) is 8.67. The summed E-state index contributed by atoms with van der Waals surface area (Å²) in [6, 6.07) is 8.31. The number of aryl methyl sites for hydroxylation is 1. The average molecular weight is 262 g/mol. The van der Waals surface area contributed by atoms with E-state index in [4.69, 9.17) is 0 Å². The molecule has 2 aromatic heterocycles. The normalized spacial score (nSPS) is 11.6. The second-order valence-corrected chi connectivity index (χ2v) is 5.00. The summed E-state index contributed by atoms with van der Waals surface area (Å²) in [6.45, 7) is 1.58. The lowest BCUT2D eigenvalue weighted by Gasteiger charge is -2.11. The van der Waals surface area contributed by atoms with E-state index in [2.05, 4.69) is 43.8 Å². The molecule has 2 aromatic rings. The maximum absolute atomic E-state index is 4.21. The van der Waals surface area contributed by atoms with Crippen LogP contribution in [0.15, 0.2) is 40.8 Å². The monoisotopic (exact) mass is 262 g/mol. The molecule has 96 valence electrons. The summed E-state index contributed by atoms with van der Waals surface area (Å²) in [5.74, 6) is 0.824. The maximum Gasteiger partial charge on any atom is 0.191 e. The van der Waals surface area contributed by atoms with Crippen LogP contribution in [-0.4, -0.2) is 17.6 Å². The Hall–Kier alpha value is -1.75. The molecule has 0 aliphatic carbocycles. The van der Waals surface area contributed by atoms with Gasteiger partial charge in [-0.05, 0) is 23.6 Å². The van der Waals surface area contributed by atoms with Gasteiger partial charge < -0.3 is 15.2 Å². The van der Waals surface area contributed by atoms with E-state index in [1.165, 1.54) is 10.6 Å². The molecule has 5 heteroatoms. The molecule has 0 spiro atoms. The first-order chi connectivity index (χ1) is 8.79. The second-order valence-electron chi connectivity index (χ2n) is 3.97. The first-order valence-corrected chi connectivity index (χ1v) is 6.74. The zero-order valence-electron chi connectivity index (χ0n) is 10.7. The molecule has 4 nitrogen and oxygen atoms in total. The van der Waals surface area contributed by atoms with Gasteiger partial charge in [-0.3, -0.25) is 4.99 Å². The van der Waals surface area contributed by atoms with Gasteiger partial charge >= 0.3 is 0 Å². The lowest BCUT2D eigenvalue weighted by atomic mass is 10.4. The van der Waals surface area contributed by atoms with E-state index in [9.17, 15) is 0 Å². The van der Waals surface area contributed by atoms with Gasteiger partial charge in [0, 0.05) is 30.9 Å². The number of aromatic nitrogens is 1. The molecule has 0 aliphatic rings. The molecule has 0 amide bonds. The number of hydrogen-bond acceptors (Lipinski definition) is 2. The zero-order chi connectivity index (χ0) is 12.8. The number of aliphatic imine (C=N–C) groups is 1. The van der Waals surface area contributed by atoms with Gasteiger partial charge in [0.25, 0.3) is 0 Å². The number of nitrogens with one attached hydrogen (secondary N) is 2. The highest BCUT2D eigenvalue weighted by Gasteiger charge is 2.01. The van der Waals surface area contributed by atoms with Crippen molar-refractivity contribution in [3.8, 4) is 0 Å². The summed E-state index contributed by atoms with van der Waals surface area (Å²) >= 11 is 1.74. The van der Waals surface area contributed by atoms with Crippen LogP contribution in [-0.2, 0) is 20.1 Å². The topological polar surface area (TPSA) is 41.4 Å². The summed E-state index contributed by atoms with van der Waals surface area (Å²) in [5.41, 5.74) is 1.23. The molecule has 0 fully saturated rings. The number of rotatable bonds is 4. The Morgan fingerprint density at radius 1 is 1.28 bits per heavy atom. The van der Waals surface area contributed by atoms with Crippen LogP contribution in [0.5, 0.6) is 0 Å². The van der Waals surface area contributed by atoms with Gasteiger partial charge in [-0.25, -0.2) is 0 Å². The van der Waals surface area contributed by atoms with E-state index in [1.807, 2.05) is 19.3 Å². The maximum atomic E-state index is 4.21. The number of guanidine groups is 1. The minimum Gasteiger partial charge on any atom is -0.353 e. The van der Waals surface area contributed by atoms with Crippen molar-refractivity contribution in [3.05, 3.63) is 46.4 Å². The van der Waals surface area contributed by atoms with Crippen molar-refractivity contribution >= 4 is 17.3 Å². The van der Waals surface area contributed by atoms with Crippen LogP contribution in [0.3, 0.4) is 0 Å². The van der Waals surface area contributed by atoms with Crippen LogP contribution in [0.1, 0.15) is 10.6 Å². The molecule has 0 saturated heterocycles. The van der Waals surface area contributed by atoms with Crippen molar-refractivity contribution in [1.82, 2.24) is 15.2 Å². The summed E-state index contributed by atoms with van der Waals surface area (Å²) < 4.78 is 2.10. The fraction of sp³-hybridized carbons (Fsp3) is 0.308. The largest absolute Gasteiger partial charge is 0.353 e. The van der Waals surface area contributed by atoms with Crippen LogP contribution in [0, 0.1) is 0 Å². The van der Waals surface area contributed by atoms with Crippen molar-refractivity contribution in [2.24, 2.45) is 12.0 Å². The Balaban J connectivity index is 1.81. The van der Waals surface area contributed by atoms with Gasteiger partial charge in [-0.2, -0.15) is 0 Å². The first kappa shape index (κ1) is 12.7. The summed E-state index contributed by atoms with van der Waals surface area (Å²) in [4.78, 5) is 5.51. The quantitative estimate of drug-likeness (QED) is 0.653. The highest BCUT2D eigenvalue weighted by Crippen LogP contribution is 2.07. The molecule has 0 aliphatic heterocycles. The Kier molecular flexibility index (Phi) is 4.41. The Morgan fingerprint density at radius 3 is 2.72 bits per heavy atom. The summed E-state index contributed by atoms with van der Waals surface area (Å²) in [6.07, 6.45) is 2.04. The number of thiophene rings is 1. The van der Waals surface area contributed by atoms with Crippen LogP contribution in [0.25, 0.3) is 0 Å². The molecule has 0 aromatic carbocycles. The van der Waals surface area contributed by atoms with Gasteiger partial charge in [-0.15, -0.1) is 11.3 Å². The zero-order valence-corrected chi connectivity index (χ0v) is 11.5. The highest BCUT2D eigenvalue weighted by atomic mass is 32.1. The van der Waals surface area contributed by atoms with Crippen LogP contribution in [0.4, 0.5) is 0 Å². The molecule has 0 atom stereocenters. The van der Waals surface area contributed by atoms with Gasteiger partial charge in [-0.1, -0.05) is 6.07 Å². The van der Waals surface area contributed by atoms with E-state index >= 15 is 0 Å². The molecule has 2 rings (SSSR count). The van der Waals surface area contributed by atoms with Gasteiger partial charge in [0.2, 0.25) is 0 Å². The smallest absolute Gasteiger partial charge is 0.191 e. The third-order valence-corrected chi connectivity index (χ3v) is 3.60. The summed E-state index contributed by atoms with van der Waals surface area (Å²) in [7, 11) is 3.83. The van der Waals surface area contributed by atoms with Crippen molar-refractivity contribution in [2.75, 3.05) is 7.05 Å². The standard InChI is InChI=1S/C13H18N4S/c1-14-13(16-10-12-6-4-8-18-12)15-9-11-5-3-7-17(11)2/h3-8H,9-10H2,1-2H3,(H2,14,15,16). The molecule has 0 bridgehead atoms.